The number of β-amino-alcohol motifs (C(OH)–C–C–N with tert-alkyl or cyclic N) is 1. The van der Waals surface area contributed by atoms with E-state index in [4.69, 9.17) is 15.0 Å². The maximum Gasteiger partial charge on any atom is 0.255 e. The van der Waals surface area contributed by atoms with Crippen molar-refractivity contribution in [3.8, 4) is 5.75 Å². The number of carbonyl (C=O) groups excluding carboxylic acids is 1. The van der Waals surface area contributed by atoms with Gasteiger partial charge in [0.1, 0.15) is 11.5 Å². The Hall–Kier alpha value is -2.38. The maximum atomic E-state index is 10.8. The molecule has 134 valence electrons. The van der Waals surface area contributed by atoms with Gasteiger partial charge in [0.15, 0.2) is 6.61 Å². The lowest BCUT2D eigenvalue weighted by Gasteiger charge is -2.16. The molecule has 1 amide bonds. The zero-order valence-corrected chi connectivity index (χ0v) is 14.2. The normalized spacial score (nSPS) is 20.7. The van der Waals surface area contributed by atoms with E-state index in [0.29, 0.717) is 25.3 Å². The Morgan fingerprint density at radius 1 is 1.44 bits per heavy atom. The highest BCUT2D eigenvalue weighted by molar-refractivity contribution is 5.75. The van der Waals surface area contributed by atoms with Crippen LogP contribution in [-0.2, 0) is 17.8 Å². The van der Waals surface area contributed by atoms with Gasteiger partial charge >= 0.3 is 0 Å². The monoisotopic (exact) mass is 345 g/mol. The van der Waals surface area contributed by atoms with Gasteiger partial charge in [-0.25, -0.2) is 0 Å². The van der Waals surface area contributed by atoms with Crippen LogP contribution in [0.3, 0.4) is 0 Å². The van der Waals surface area contributed by atoms with Gasteiger partial charge in [0.25, 0.3) is 5.91 Å². The van der Waals surface area contributed by atoms with Gasteiger partial charge in [-0.05, 0) is 24.6 Å². The molecular weight excluding hydrogens is 322 g/mol. The Labute approximate surface area is 146 Å². The van der Waals surface area contributed by atoms with Gasteiger partial charge in [0.05, 0.1) is 11.8 Å². The lowest BCUT2D eigenvalue weighted by Crippen LogP contribution is -2.22. The first-order valence-electron chi connectivity index (χ1n) is 8.32. The molecule has 2 heterocycles. The molecule has 1 saturated heterocycles. The van der Waals surface area contributed by atoms with Crippen molar-refractivity contribution in [1.82, 2.24) is 10.1 Å². The number of aliphatic hydroxyl groups is 1. The first-order valence-corrected chi connectivity index (χ1v) is 8.32. The van der Waals surface area contributed by atoms with Crippen LogP contribution in [0.5, 0.6) is 5.75 Å². The molecule has 1 aromatic carbocycles. The molecule has 2 atom stereocenters. The Morgan fingerprint density at radius 2 is 2.28 bits per heavy atom. The van der Waals surface area contributed by atoms with Gasteiger partial charge in [-0.1, -0.05) is 17.3 Å². The van der Waals surface area contributed by atoms with Crippen LogP contribution in [0.2, 0.25) is 0 Å². The predicted molar refractivity (Wildman–Crippen MR) is 90.8 cm³/mol. The van der Waals surface area contributed by atoms with Crippen molar-refractivity contribution in [1.29, 1.82) is 0 Å². The van der Waals surface area contributed by atoms with Crippen LogP contribution in [0.4, 0.5) is 0 Å². The third-order valence-electron chi connectivity index (χ3n) is 4.31. The summed E-state index contributed by atoms with van der Waals surface area (Å²) in [6.07, 6.45) is 0.292. The average molecular weight is 345 g/mol. The number of benzene rings is 1. The van der Waals surface area contributed by atoms with Crippen molar-refractivity contribution in [3.63, 3.8) is 0 Å². The van der Waals surface area contributed by atoms with Gasteiger partial charge < -0.3 is 20.1 Å². The number of amides is 1. The fraction of sp³-hybridized carbons (Fsp3) is 0.444. The SMILES string of the molecule is Cc1cc(C[C@@H]2CN(Cc3cccc(OCC(N)=O)c3)C[C@@H]2O)on1. The molecule has 0 saturated carbocycles. The molecule has 7 nitrogen and oxygen atoms in total. The summed E-state index contributed by atoms with van der Waals surface area (Å²) in [6.45, 7) is 3.86. The molecule has 1 aliphatic heterocycles. The van der Waals surface area contributed by atoms with Crippen LogP contribution in [0.1, 0.15) is 17.0 Å². The molecule has 7 heteroatoms. The van der Waals surface area contributed by atoms with E-state index in [-0.39, 0.29) is 18.6 Å². The van der Waals surface area contributed by atoms with Crippen LogP contribution in [0, 0.1) is 12.8 Å². The van der Waals surface area contributed by atoms with E-state index in [2.05, 4.69) is 10.1 Å². The summed E-state index contributed by atoms with van der Waals surface area (Å²) >= 11 is 0. The van der Waals surface area contributed by atoms with E-state index in [0.717, 1.165) is 23.6 Å². The van der Waals surface area contributed by atoms with E-state index >= 15 is 0 Å². The zero-order valence-electron chi connectivity index (χ0n) is 14.2. The van der Waals surface area contributed by atoms with Crippen LogP contribution >= 0.6 is 0 Å². The van der Waals surface area contributed by atoms with Gasteiger partial charge in [0.2, 0.25) is 0 Å². The molecule has 2 aromatic rings. The number of hydrogen-bond donors (Lipinski definition) is 2. The lowest BCUT2D eigenvalue weighted by atomic mass is 10.0. The smallest absolute Gasteiger partial charge is 0.255 e. The Balaban J connectivity index is 1.56. The van der Waals surface area contributed by atoms with Crippen LogP contribution in [0.25, 0.3) is 0 Å². The summed E-state index contributed by atoms with van der Waals surface area (Å²) in [5, 5.41) is 14.2. The highest BCUT2D eigenvalue weighted by atomic mass is 16.5. The third-order valence-corrected chi connectivity index (χ3v) is 4.31. The Morgan fingerprint density at radius 3 is 3.00 bits per heavy atom. The van der Waals surface area contributed by atoms with Gasteiger partial charge in [-0.3, -0.25) is 9.69 Å². The highest BCUT2D eigenvalue weighted by Gasteiger charge is 2.32. The summed E-state index contributed by atoms with van der Waals surface area (Å²) < 4.78 is 10.6. The molecule has 3 N–H and O–H groups in total. The molecular formula is C18H23N3O4. The number of rotatable bonds is 7. The molecule has 0 unspecified atom stereocenters. The number of carbonyl (C=O) groups is 1. The van der Waals surface area contributed by atoms with Crippen molar-refractivity contribution in [2.24, 2.45) is 11.7 Å². The predicted octanol–water partition coefficient (Wildman–Crippen LogP) is 0.883. The Kier molecular flexibility index (Phi) is 5.35. The van der Waals surface area contributed by atoms with Crippen molar-refractivity contribution >= 4 is 5.91 Å². The summed E-state index contributed by atoms with van der Waals surface area (Å²) in [7, 11) is 0. The minimum Gasteiger partial charge on any atom is -0.484 e. The molecule has 1 aromatic heterocycles. The Bertz CT molecular complexity index is 731. The quantitative estimate of drug-likeness (QED) is 0.772. The first kappa shape index (κ1) is 17.4. The summed E-state index contributed by atoms with van der Waals surface area (Å²) in [4.78, 5) is 13.0. The number of nitrogens with zero attached hydrogens (tertiary/aromatic N) is 2. The van der Waals surface area contributed by atoms with E-state index in [1.54, 1.807) is 6.07 Å². The average Bonchev–Trinajstić information content (AvgIpc) is 3.12. The van der Waals surface area contributed by atoms with Gasteiger partial charge in [-0.15, -0.1) is 0 Å². The third kappa shape index (κ3) is 4.80. The number of aliphatic hydroxyl groups excluding tert-OH is 1. The van der Waals surface area contributed by atoms with E-state index < -0.39 is 5.91 Å². The zero-order chi connectivity index (χ0) is 17.8. The number of aromatic nitrogens is 1. The van der Waals surface area contributed by atoms with Crippen molar-refractivity contribution in [3.05, 3.63) is 47.3 Å². The van der Waals surface area contributed by atoms with Crippen molar-refractivity contribution in [2.75, 3.05) is 19.7 Å². The minimum absolute atomic E-state index is 0.127. The lowest BCUT2D eigenvalue weighted by molar-refractivity contribution is -0.119. The topological polar surface area (TPSA) is 102 Å². The van der Waals surface area contributed by atoms with E-state index in [9.17, 15) is 9.90 Å². The molecule has 0 spiro atoms. The molecule has 1 aliphatic rings. The second kappa shape index (κ2) is 7.67. The largest absolute Gasteiger partial charge is 0.484 e. The van der Waals surface area contributed by atoms with Crippen molar-refractivity contribution < 1.29 is 19.2 Å². The minimum atomic E-state index is -0.501. The molecule has 25 heavy (non-hydrogen) atoms. The fourth-order valence-corrected chi connectivity index (χ4v) is 3.19. The highest BCUT2D eigenvalue weighted by Crippen LogP contribution is 2.24. The molecule has 0 aliphatic carbocycles. The summed E-state index contributed by atoms with van der Waals surface area (Å²) in [6, 6.07) is 9.47. The second-order valence-corrected chi connectivity index (χ2v) is 6.56. The second-order valence-electron chi connectivity index (χ2n) is 6.56. The summed E-state index contributed by atoms with van der Waals surface area (Å²) in [5.74, 6) is 1.05. The molecule has 3 rings (SSSR count). The molecule has 0 radical (unpaired) electrons. The summed E-state index contributed by atoms with van der Waals surface area (Å²) in [5.41, 5.74) is 7.01. The first-order chi connectivity index (χ1) is 12.0. The number of aryl methyl sites for hydroxylation is 1. The maximum absolute atomic E-state index is 10.8. The number of likely N-dealkylation sites (tertiary alicyclic amines) is 1. The molecule has 0 bridgehead atoms. The molecule has 1 fully saturated rings. The fourth-order valence-electron chi connectivity index (χ4n) is 3.19. The van der Waals surface area contributed by atoms with Crippen molar-refractivity contribution in [2.45, 2.75) is 26.0 Å². The standard InChI is InChI=1S/C18H23N3O4/c1-12-5-16(25-20-12)7-14-9-21(10-17(14)22)8-13-3-2-4-15(6-13)24-11-18(19)23/h2-6,14,17,22H,7-11H2,1H3,(H2,19,23)/t14-,17+/m1/s1. The number of ether oxygens (including phenoxy) is 1. The van der Waals surface area contributed by atoms with Gasteiger partial charge in [-0.2, -0.15) is 0 Å². The number of primary amides is 1. The van der Waals surface area contributed by atoms with E-state index in [1.165, 1.54) is 0 Å². The van der Waals surface area contributed by atoms with E-state index in [1.807, 2.05) is 31.2 Å². The van der Waals surface area contributed by atoms with Crippen LogP contribution < -0.4 is 10.5 Å². The van der Waals surface area contributed by atoms with Crippen LogP contribution in [0.15, 0.2) is 34.9 Å². The number of hydrogen-bond acceptors (Lipinski definition) is 6. The number of nitrogens with two attached hydrogens (primary N) is 1. The van der Waals surface area contributed by atoms with Gasteiger partial charge in [0, 0.05) is 38.0 Å². The van der Waals surface area contributed by atoms with Crippen LogP contribution in [-0.4, -0.2) is 46.9 Å².